The maximum Gasteiger partial charge on any atom is 0.421 e. The molecule has 6 heteroatoms. The van der Waals surface area contributed by atoms with E-state index in [2.05, 4.69) is 20.9 Å². The van der Waals surface area contributed by atoms with Gasteiger partial charge in [-0.15, -0.1) is 0 Å². The van der Waals surface area contributed by atoms with Gasteiger partial charge in [0.2, 0.25) is 0 Å². The molecule has 0 radical (unpaired) electrons. The van der Waals surface area contributed by atoms with E-state index in [-0.39, 0.29) is 12.3 Å². The number of fused-ring (bicyclic) bond motifs is 1. The first-order chi connectivity index (χ1) is 9.66. The second-order valence-corrected chi connectivity index (χ2v) is 5.04. The molecule has 0 unspecified atom stereocenters. The Labute approximate surface area is 122 Å². The average molecular weight is 333 g/mol. The Kier molecular flexibility index (Phi) is 3.23. The molecule has 0 bridgehead atoms. The minimum absolute atomic E-state index is 0.106. The van der Waals surface area contributed by atoms with Crippen LogP contribution >= 0.6 is 15.9 Å². The van der Waals surface area contributed by atoms with E-state index in [4.69, 9.17) is 4.42 Å². The van der Waals surface area contributed by atoms with E-state index in [1.54, 1.807) is 36.5 Å². The van der Waals surface area contributed by atoms with Crippen LogP contribution in [0.1, 0.15) is 10.4 Å². The average Bonchev–Trinajstić information content (AvgIpc) is 2.76. The highest BCUT2D eigenvalue weighted by Gasteiger charge is 2.16. The molecule has 0 aliphatic heterocycles. The minimum atomic E-state index is -0.584. The largest absolute Gasteiger partial charge is 0.421 e. The molecule has 0 amide bonds. The lowest BCUT2D eigenvalue weighted by molar-refractivity contribution is 0.0969. The Morgan fingerprint density at radius 1 is 1.25 bits per heavy atom. The fraction of sp³-hybridized carbons (Fsp3) is 0.0714. The first-order valence-electron chi connectivity index (χ1n) is 5.89. The Bertz CT molecular complexity index is 851. The van der Waals surface area contributed by atoms with Gasteiger partial charge in [0.15, 0.2) is 17.0 Å². The number of oxazole rings is 1. The fourth-order valence-electron chi connectivity index (χ4n) is 1.96. The van der Waals surface area contributed by atoms with Gasteiger partial charge in [0.05, 0.1) is 6.54 Å². The van der Waals surface area contributed by atoms with Gasteiger partial charge in [0.25, 0.3) is 0 Å². The lowest BCUT2D eigenvalue weighted by atomic mass is 10.1. The van der Waals surface area contributed by atoms with E-state index >= 15 is 0 Å². The number of hydrogen-bond donors (Lipinski definition) is 0. The van der Waals surface area contributed by atoms with Gasteiger partial charge in [-0.1, -0.05) is 34.1 Å². The van der Waals surface area contributed by atoms with Gasteiger partial charge >= 0.3 is 5.76 Å². The molecule has 0 aliphatic carbocycles. The molecule has 2 heterocycles. The van der Waals surface area contributed by atoms with Crippen molar-refractivity contribution in [1.82, 2.24) is 9.55 Å². The predicted molar refractivity (Wildman–Crippen MR) is 76.7 cm³/mol. The van der Waals surface area contributed by atoms with Crippen molar-refractivity contribution in [2.24, 2.45) is 0 Å². The highest BCUT2D eigenvalue weighted by Crippen LogP contribution is 2.17. The number of pyridine rings is 1. The molecule has 3 aromatic rings. The SMILES string of the molecule is O=C(Cn1c(=O)oc2cccnc21)c1ccccc1Br. The molecule has 0 atom stereocenters. The van der Waals surface area contributed by atoms with Crippen molar-refractivity contribution in [3.05, 3.63) is 63.2 Å². The zero-order valence-electron chi connectivity index (χ0n) is 10.2. The summed E-state index contributed by atoms with van der Waals surface area (Å²) in [6, 6.07) is 10.4. The maximum atomic E-state index is 12.3. The summed E-state index contributed by atoms with van der Waals surface area (Å²) < 4.78 is 6.97. The molecule has 0 fully saturated rings. The third-order valence-electron chi connectivity index (χ3n) is 2.90. The second-order valence-electron chi connectivity index (χ2n) is 4.18. The molecule has 2 aromatic heterocycles. The minimum Gasteiger partial charge on any atom is -0.406 e. The van der Waals surface area contributed by atoms with Crippen LogP contribution in [0.3, 0.4) is 0 Å². The molecule has 0 spiro atoms. The lowest BCUT2D eigenvalue weighted by Gasteiger charge is -2.03. The Balaban J connectivity index is 2.02. The van der Waals surface area contributed by atoms with Crippen molar-refractivity contribution in [2.75, 3.05) is 0 Å². The van der Waals surface area contributed by atoms with E-state index in [0.29, 0.717) is 21.3 Å². The summed E-state index contributed by atoms with van der Waals surface area (Å²) >= 11 is 3.32. The summed E-state index contributed by atoms with van der Waals surface area (Å²) in [6.07, 6.45) is 1.55. The van der Waals surface area contributed by atoms with Crippen LogP contribution in [-0.2, 0) is 6.54 Å². The first kappa shape index (κ1) is 12.8. The number of Topliss-reactive ketones (excluding diaryl/α,β-unsaturated/α-hetero) is 1. The van der Waals surface area contributed by atoms with Gasteiger partial charge in [-0.2, -0.15) is 0 Å². The van der Waals surface area contributed by atoms with Crippen LogP contribution < -0.4 is 5.76 Å². The molecular formula is C14H9BrN2O3. The molecule has 0 saturated carbocycles. The van der Waals surface area contributed by atoms with Gasteiger partial charge < -0.3 is 4.42 Å². The number of carbonyl (C=O) groups excluding carboxylic acids is 1. The summed E-state index contributed by atoms with van der Waals surface area (Å²) in [7, 11) is 0. The molecule has 3 rings (SSSR count). The molecule has 5 nitrogen and oxygen atoms in total. The summed E-state index contributed by atoms with van der Waals surface area (Å²) in [5.41, 5.74) is 1.26. The van der Waals surface area contributed by atoms with Crippen molar-refractivity contribution in [2.45, 2.75) is 6.54 Å². The Morgan fingerprint density at radius 2 is 2.05 bits per heavy atom. The van der Waals surface area contributed by atoms with Crippen molar-refractivity contribution in [3.8, 4) is 0 Å². The predicted octanol–water partition coefficient (Wildman–Crippen LogP) is 2.63. The van der Waals surface area contributed by atoms with Gasteiger partial charge in [0.1, 0.15) is 0 Å². The zero-order valence-corrected chi connectivity index (χ0v) is 11.8. The van der Waals surface area contributed by atoms with Crippen LogP contribution in [0, 0.1) is 0 Å². The molecule has 1 aromatic carbocycles. The second kappa shape index (κ2) is 5.05. The number of halogens is 1. The number of rotatable bonds is 3. The zero-order chi connectivity index (χ0) is 14.1. The van der Waals surface area contributed by atoms with E-state index in [1.165, 1.54) is 4.57 Å². The number of ketones is 1. The summed E-state index contributed by atoms with van der Waals surface area (Å²) in [5, 5.41) is 0. The van der Waals surface area contributed by atoms with Gasteiger partial charge in [0, 0.05) is 16.2 Å². The first-order valence-corrected chi connectivity index (χ1v) is 6.68. The number of benzene rings is 1. The Hall–Kier alpha value is -2.21. The number of hydrogen-bond acceptors (Lipinski definition) is 4. The fourth-order valence-corrected chi connectivity index (χ4v) is 2.46. The highest BCUT2D eigenvalue weighted by atomic mass is 79.9. The molecule has 0 N–H and O–H groups in total. The molecular weight excluding hydrogens is 324 g/mol. The lowest BCUT2D eigenvalue weighted by Crippen LogP contribution is -2.20. The third-order valence-corrected chi connectivity index (χ3v) is 3.59. The Morgan fingerprint density at radius 3 is 2.85 bits per heavy atom. The van der Waals surface area contributed by atoms with Crippen LogP contribution in [0.4, 0.5) is 0 Å². The maximum absolute atomic E-state index is 12.3. The molecule has 20 heavy (non-hydrogen) atoms. The van der Waals surface area contributed by atoms with Crippen molar-refractivity contribution in [1.29, 1.82) is 0 Å². The van der Waals surface area contributed by atoms with E-state index < -0.39 is 5.76 Å². The summed E-state index contributed by atoms with van der Waals surface area (Å²) in [5.74, 6) is -0.771. The molecule has 0 aliphatic rings. The van der Waals surface area contributed by atoms with Crippen molar-refractivity contribution in [3.63, 3.8) is 0 Å². The smallest absolute Gasteiger partial charge is 0.406 e. The van der Waals surface area contributed by atoms with Gasteiger partial charge in [-0.05, 0) is 18.2 Å². The van der Waals surface area contributed by atoms with Crippen LogP contribution in [0.5, 0.6) is 0 Å². The van der Waals surface area contributed by atoms with E-state index in [0.717, 1.165) is 0 Å². The number of aromatic nitrogens is 2. The van der Waals surface area contributed by atoms with Crippen LogP contribution in [0.15, 0.2) is 56.3 Å². The topological polar surface area (TPSA) is 65.1 Å². The molecule has 0 saturated heterocycles. The van der Waals surface area contributed by atoms with Gasteiger partial charge in [-0.3, -0.25) is 9.36 Å². The van der Waals surface area contributed by atoms with Crippen LogP contribution in [-0.4, -0.2) is 15.3 Å². The summed E-state index contributed by atoms with van der Waals surface area (Å²) in [4.78, 5) is 28.1. The number of nitrogens with zero attached hydrogens (tertiary/aromatic N) is 2. The van der Waals surface area contributed by atoms with Gasteiger partial charge in [-0.25, -0.2) is 9.78 Å². The molecule has 100 valence electrons. The summed E-state index contributed by atoms with van der Waals surface area (Å²) in [6.45, 7) is -0.106. The van der Waals surface area contributed by atoms with E-state index in [1.807, 2.05) is 6.07 Å². The number of carbonyl (C=O) groups is 1. The quantitative estimate of drug-likeness (QED) is 0.691. The monoisotopic (exact) mass is 332 g/mol. The highest BCUT2D eigenvalue weighted by molar-refractivity contribution is 9.10. The third kappa shape index (κ3) is 2.18. The van der Waals surface area contributed by atoms with E-state index in [9.17, 15) is 9.59 Å². The van der Waals surface area contributed by atoms with Crippen molar-refractivity contribution < 1.29 is 9.21 Å². The van der Waals surface area contributed by atoms with Crippen LogP contribution in [0.25, 0.3) is 11.2 Å². The normalized spacial score (nSPS) is 10.8. The standard InChI is InChI=1S/C14H9BrN2O3/c15-10-5-2-1-4-9(10)11(18)8-17-13-12(20-14(17)19)6-3-7-16-13/h1-7H,8H2. The van der Waals surface area contributed by atoms with Crippen molar-refractivity contribution >= 4 is 32.9 Å². The van der Waals surface area contributed by atoms with Crippen LogP contribution in [0.2, 0.25) is 0 Å².